The summed E-state index contributed by atoms with van der Waals surface area (Å²) in [6.07, 6.45) is -0.414. The van der Waals surface area contributed by atoms with E-state index in [0.29, 0.717) is 18.0 Å². The summed E-state index contributed by atoms with van der Waals surface area (Å²) in [7, 11) is 2.83. The van der Waals surface area contributed by atoms with Crippen molar-refractivity contribution in [2.24, 2.45) is 10.3 Å². The predicted octanol–water partition coefficient (Wildman–Crippen LogP) is 3.19. The van der Waals surface area contributed by atoms with E-state index in [-0.39, 0.29) is 6.61 Å². The molecule has 0 aliphatic rings. The molecule has 7 nitrogen and oxygen atoms in total. The van der Waals surface area contributed by atoms with Gasteiger partial charge in [0.25, 0.3) is 0 Å². The second-order valence-corrected chi connectivity index (χ2v) is 4.65. The van der Waals surface area contributed by atoms with Crippen LogP contribution < -0.4 is 4.90 Å². The SMILES string of the molecule is CCN(C(=O)OC)c1ccccc1CO/N=C(C)/C(C)=N/OC. The average molecular weight is 321 g/mol. The van der Waals surface area contributed by atoms with Gasteiger partial charge in [0, 0.05) is 12.1 Å². The molecular formula is C16H23N3O4. The number of oxime groups is 2. The molecule has 0 radical (unpaired) electrons. The fraction of sp³-hybridized carbons (Fsp3) is 0.438. The molecule has 0 fully saturated rings. The Hall–Kier alpha value is -2.57. The Morgan fingerprint density at radius 1 is 1.13 bits per heavy atom. The van der Waals surface area contributed by atoms with Gasteiger partial charge in [-0.25, -0.2) is 4.79 Å². The lowest BCUT2D eigenvalue weighted by Gasteiger charge is -2.21. The van der Waals surface area contributed by atoms with Gasteiger partial charge in [-0.2, -0.15) is 0 Å². The molecule has 0 atom stereocenters. The van der Waals surface area contributed by atoms with E-state index in [1.165, 1.54) is 19.1 Å². The monoisotopic (exact) mass is 321 g/mol. The number of benzene rings is 1. The summed E-state index contributed by atoms with van der Waals surface area (Å²) >= 11 is 0. The minimum atomic E-state index is -0.414. The van der Waals surface area contributed by atoms with Gasteiger partial charge in [-0.05, 0) is 26.8 Å². The van der Waals surface area contributed by atoms with Crippen molar-refractivity contribution in [3.05, 3.63) is 29.8 Å². The second kappa shape index (κ2) is 9.45. The number of methoxy groups -OCH3 is 1. The highest BCUT2D eigenvalue weighted by Crippen LogP contribution is 2.22. The molecule has 0 bridgehead atoms. The molecule has 126 valence electrons. The molecule has 1 aromatic carbocycles. The van der Waals surface area contributed by atoms with Crippen LogP contribution in [0.2, 0.25) is 0 Å². The van der Waals surface area contributed by atoms with Crippen LogP contribution in [0.15, 0.2) is 34.6 Å². The molecule has 0 spiro atoms. The van der Waals surface area contributed by atoms with Gasteiger partial charge in [-0.1, -0.05) is 28.5 Å². The van der Waals surface area contributed by atoms with E-state index in [1.54, 1.807) is 13.8 Å². The van der Waals surface area contributed by atoms with Crippen LogP contribution >= 0.6 is 0 Å². The first-order valence-corrected chi connectivity index (χ1v) is 7.23. The number of hydrogen-bond donors (Lipinski definition) is 0. The van der Waals surface area contributed by atoms with E-state index in [1.807, 2.05) is 31.2 Å². The summed E-state index contributed by atoms with van der Waals surface area (Å²) in [6, 6.07) is 7.45. The number of anilines is 1. The highest BCUT2D eigenvalue weighted by Gasteiger charge is 2.17. The number of carbonyl (C=O) groups is 1. The summed E-state index contributed by atoms with van der Waals surface area (Å²) in [4.78, 5) is 23.4. The highest BCUT2D eigenvalue weighted by atomic mass is 16.6. The standard InChI is InChI=1S/C16H23N3O4/c1-6-19(16(20)21-4)15-10-8-7-9-14(15)11-23-18-13(3)12(2)17-22-5/h7-10H,6,11H2,1-5H3/b17-12+,18-13+. The normalized spacial score (nSPS) is 11.9. The minimum absolute atomic E-state index is 0.223. The number of carbonyl (C=O) groups excluding carboxylic acids is 1. The van der Waals surface area contributed by atoms with Gasteiger partial charge in [-0.3, -0.25) is 4.90 Å². The molecule has 1 amide bonds. The first-order valence-electron chi connectivity index (χ1n) is 7.23. The molecule has 0 unspecified atom stereocenters. The maximum Gasteiger partial charge on any atom is 0.413 e. The number of hydrogen-bond acceptors (Lipinski definition) is 6. The van der Waals surface area contributed by atoms with E-state index in [4.69, 9.17) is 9.57 Å². The van der Waals surface area contributed by atoms with Crippen LogP contribution in [0.1, 0.15) is 26.3 Å². The maximum absolute atomic E-state index is 11.8. The molecule has 0 heterocycles. The number of amides is 1. The molecule has 23 heavy (non-hydrogen) atoms. The summed E-state index contributed by atoms with van der Waals surface area (Å²) in [6.45, 7) is 6.14. The summed E-state index contributed by atoms with van der Waals surface area (Å²) in [5.41, 5.74) is 2.81. The summed E-state index contributed by atoms with van der Waals surface area (Å²) in [5.74, 6) is 0. The zero-order chi connectivity index (χ0) is 17.2. The predicted molar refractivity (Wildman–Crippen MR) is 89.9 cm³/mol. The Balaban J connectivity index is 2.88. The van der Waals surface area contributed by atoms with Gasteiger partial charge in [0.15, 0.2) is 0 Å². The van der Waals surface area contributed by atoms with Crippen LogP contribution in [0, 0.1) is 0 Å². The second-order valence-electron chi connectivity index (χ2n) is 4.65. The number of rotatable bonds is 7. The Bertz CT molecular complexity index is 584. The largest absolute Gasteiger partial charge is 0.452 e. The zero-order valence-corrected chi connectivity index (χ0v) is 14.2. The minimum Gasteiger partial charge on any atom is -0.452 e. The fourth-order valence-corrected chi connectivity index (χ4v) is 1.87. The van der Waals surface area contributed by atoms with Crippen molar-refractivity contribution in [3.8, 4) is 0 Å². The molecule has 0 saturated carbocycles. The molecular weight excluding hydrogens is 298 g/mol. The summed E-state index contributed by atoms with van der Waals surface area (Å²) in [5, 5.41) is 7.78. The number of nitrogens with zero attached hydrogens (tertiary/aromatic N) is 3. The van der Waals surface area contributed by atoms with E-state index >= 15 is 0 Å². The first-order chi connectivity index (χ1) is 11.0. The van der Waals surface area contributed by atoms with E-state index in [2.05, 4.69) is 15.1 Å². The number of ether oxygens (including phenoxy) is 1. The van der Waals surface area contributed by atoms with Crippen molar-refractivity contribution in [1.29, 1.82) is 0 Å². The molecule has 1 rings (SSSR count). The Morgan fingerprint density at radius 3 is 2.39 bits per heavy atom. The van der Waals surface area contributed by atoms with Gasteiger partial charge in [0.1, 0.15) is 25.1 Å². The Labute approximate surface area is 136 Å². The van der Waals surface area contributed by atoms with Crippen LogP contribution in [0.4, 0.5) is 10.5 Å². The van der Waals surface area contributed by atoms with Crippen LogP contribution in [0.3, 0.4) is 0 Å². The topological polar surface area (TPSA) is 72.7 Å². The molecule has 0 saturated heterocycles. The maximum atomic E-state index is 11.8. The van der Waals surface area contributed by atoms with Crippen LogP contribution in [-0.2, 0) is 21.0 Å². The summed E-state index contributed by atoms with van der Waals surface area (Å²) < 4.78 is 4.80. The van der Waals surface area contributed by atoms with E-state index < -0.39 is 6.09 Å². The molecule has 0 aromatic heterocycles. The molecule has 0 aliphatic carbocycles. The molecule has 0 aliphatic heterocycles. The molecule has 7 heteroatoms. The fourth-order valence-electron chi connectivity index (χ4n) is 1.87. The van der Waals surface area contributed by atoms with Crippen molar-refractivity contribution in [2.75, 3.05) is 25.7 Å². The third-order valence-corrected chi connectivity index (χ3v) is 3.17. The molecule has 1 aromatic rings. The van der Waals surface area contributed by atoms with Crippen molar-refractivity contribution < 1.29 is 19.2 Å². The Kier molecular flexibility index (Phi) is 7.59. The third kappa shape index (κ3) is 5.28. The average Bonchev–Trinajstić information content (AvgIpc) is 2.56. The van der Waals surface area contributed by atoms with E-state index in [0.717, 1.165) is 11.3 Å². The van der Waals surface area contributed by atoms with Crippen LogP contribution in [0.5, 0.6) is 0 Å². The Morgan fingerprint density at radius 2 is 1.78 bits per heavy atom. The number of para-hydroxylation sites is 1. The lowest BCUT2D eigenvalue weighted by molar-refractivity contribution is 0.131. The van der Waals surface area contributed by atoms with E-state index in [9.17, 15) is 4.79 Å². The van der Waals surface area contributed by atoms with Gasteiger partial charge >= 0.3 is 6.09 Å². The van der Waals surface area contributed by atoms with Crippen LogP contribution in [0.25, 0.3) is 0 Å². The van der Waals surface area contributed by atoms with Gasteiger partial charge < -0.3 is 14.4 Å². The smallest absolute Gasteiger partial charge is 0.413 e. The third-order valence-electron chi connectivity index (χ3n) is 3.17. The zero-order valence-electron chi connectivity index (χ0n) is 14.2. The van der Waals surface area contributed by atoms with Gasteiger partial charge in [0.2, 0.25) is 0 Å². The first kappa shape index (κ1) is 18.5. The van der Waals surface area contributed by atoms with Crippen molar-refractivity contribution in [1.82, 2.24) is 0 Å². The van der Waals surface area contributed by atoms with Gasteiger partial charge in [0.05, 0.1) is 12.8 Å². The quantitative estimate of drug-likeness (QED) is 0.571. The van der Waals surface area contributed by atoms with Gasteiger partial charge in [-0.15, -0.1) is 0 Å². The van der Waals surface area contributed by atoms with Crippen molar-refractivity contribution >= 4 is 23.2 Å². The lowest BCUT2D eigenvalue weighted by atomic mass is 10.1. The molecule has 0 N–H and O–H groups in total. The van der Waals surface area contributed by atoms with Crippen LogP contribution in [-0.4, -0.2) is 38.3 Å². The highest BCUT2D eigenvalue weighted by molar-refractivity contribution is 6.40. The van der Waals surface area contributed by atoms with Crippen molar-refractivity contribution in [3.63, 3.8) is 0 Å². The van der Waals surface area contributed by atoms with Crippen molar-refractivity contribution in [2.45, 2.75) is 27.4 Å². The lowest BCUT2D eigenvalue weighted by Crippen LogP contribution is -2.31.